The van der Waals surface area contributed by atoms with Crippen molar-refractivity contribution in [3.8, 4) is 5.75 Å². The van der Waals surface area contributed by atoms with Gasteiger partial charge in [0.1, 0.15) is 11.6 Å². The number of likely N-dealkylation sites (tertiary alicyclic amines) is 1. The Hall–Kier alpha value is -2.89. The number of nitrogens with zero attached hydrogens (tertiary/aromatic N) is 1. The van der Waals surface area contributed by atoms with Gasteiger partial charge in [-0.05, 0) is 75.2 Å². The first-order valence-electron chi connectivity index (χ1n) is 10.0. The highest BCUT2D eigenvalue weighted by molar-refractivity contribution is 5.94. The molecular formula is C23H27FN2O3. The maximum Gasteiger partial charge on any atom is 0.253 e. The first kappa shape index (κ1) is 20.8. The topological polar surface area (TPSA) is 58.6 Å². The summed E-state index contributed by atoms with van der Waals surface area (Å²) in [5.41, 5.74) is 1.10. The van der Waals surface area contributed by atoms with E-state index in [1.807, 2.05) is 18.7 Å². The van der Waals surface area contributed by atoms with E-state index >= 15 is 0 Å². The number of halogens is 1. The van der Waals surface area contributed by atoms with Crippen molar-refractivity contribution >= 4 is 11.8 Å². The van der Waals surface area contributed by atoms with Gasteiger partial charge in [-0.3, -0.25) is 9.59 Å². The molecule has 5 nitrogen and oxygen atoms in total. The van der Waals surface area contributed by atoms with Crippen LogP contribution in [0.5, 0.6) is 5.75 Å². The monoisotopic (exact) mass is 398 g/mol. The van der Waals surface area contributed by atoms with E-state index in [-0.39, 0.29) is 29.6 Å². The molecule has 1 aliphatic rings. The van der Waals surface area contributed by atoms with Gasteiger partial charge in [0.25, 0.3) is 11.8 Å². The molecule has 1 fully saturated rings. The van der Waals surface area contributed by atoms with Crippen LogP contribution in [0.4, 0.5) is 4.39 Å². The second kappa shape index (κ2) is 9.54. The van der Waals surface area contributed by atoms with Crippen LogP contribution in [0.15, 0.2) is 48.5 Å². The number of carbonyl (C=O) groups is 2. The van der Waals surface area contributed by atoms with E-state index in [9.17, 15) is 14.0 Å². The summed E-state index contributed by atoms with van der Waals surface area (Å²) < 4.78 is 19.0. The van der Waals surface area contributed by atoms with E-state index in [4.69, 9.17) is 4.74 Å². The van der Waals surface area contributed by atoms with Crippen molar-refractivity contribution in [1.29, 1.82) is 0 Å². The minimum atomic E-state index is -0.348. The summed E-state index contributed by atoms with van der Waals surface area (Å²) in [7, 11) is 0. The van der Waals surface area contributed by atoms with Crippen LogP contribution in [0.2, 0.25) is 0 Å². The summed E-state index contributed by atoms with van der Waals surface area (Å²) in [4.78, 5) is 26.4. The van der Waals surface area contributed by atoms with Crippen LogP contribution in [0.1, 0.15) is 47.4 Å². The zero-order chi connectivity index (χ0) is 20.8. The minimum absolute atomic E-state index is 0.0739. The third-order valence-corrected chi connectivity index (χ3v) is 4.92. The molecule has 6 heteroatoms. The van der Waals surface area contributed by atoms with E-state index in [2.05, 4.69) is 5.32 Å². The van der Waals surface area contributed by atoms with Gasteiger partial charge in [-0.15, -0.1) is 0 Å². The lowest BCUT2D eigenvalue weighted by molar-refractivity contribution is 0.0633. The standard InChI is InChI=1S/C23H27FN2O3/c1-16(2)25-22(27)18-7-11-21(12-8-18)29-15-17-4-3-13-26(14-17)23(28)19-5-9-20(24)10-6-19/h5-12,16-17H,3-4,13-15H2,1-2H3,(H,25,27)/t17-/m0/s1. The van der Waals surface area contributed by atoms with Crippen LogP contribution in [0, 0.1) is 11.7 Å². The molecular weight excluding hydrogens is 371 g/mol. The molecule has 2 amide bonds. The summed E-state index contributed by atoms with van der Waals surface area (Å²) in [6, 6.07) is 12.8. The molecule has 0 saturated carbocycles. The van der Waals surface area contributed by atoms with E-state index in [0.717, 1.165) is 12.8 Å². The molecule has 154 valence electrons. The zero-order valence-corrected chi connectivity index (χ0v) is 16.9. The zero-order valence-electron chi connectivity index (χ0n) is 16.9. The molecule has 0 spiro atoms. The molecule has 0 unspecified atom stereocenters. The highest BCUT2D eigenvalue weighted by Gasteiger charge is 2.25. The van der Waals surface area contributed by atoms with Crippen molar-refractivity contribution in [3.63, 3.8) is 0 Å². The Morgan fingerprint density at radius 2 is 1.76 bits per heavy atom. The maximum absolute atomic E-state index is 13.1. The maximum atomic E-state index is 13.1. The number of ether oxygens (including phenoxy) is 1. The number of benzene rings is 2. The Balaban J connectivity index is 1.52. The van der Waals surface area contributed by atoms with Crippen LogP contribution in [0.3, 0.4) is 0 Å². The fourth-order valence-corrected chi connectivity index (χ4v) is 3.42. The largest absolute Gasteiger partial charge is 0.493 e. The van der Waals surface area contributed by atoms with Gasteiger partial charge in [0, 0.05) is 36.2 Å². The molecule has 0 aromatic heterocycles. The average Bonchev–Trinajstić information content (AvgIpc) is 2.72. The summed E-state index contributed by atoms with van der Waals surface area (Å²) in [6.45, 7) is 5.66. The van der Waals surface area contributed by atoms with Crippen molar-refractivity contribution < 1.29 is 18.7 Å². The second-order valence-electron chi connectivity index (χ2n) is 7.73. The van der Waals surface area contributed by atoms with Crippen LogP contribution >= 0.6 is 0 Å². The minimum Gasteiger partial charge on any atom is -0.493 e. The average molecular weight is 398 g/mol. The Kier molecular flexibility index (Phi) is 6.86. The molecule has 3 rings (SSSR count). The van der Waals surface area contributed by atoms with E-state index in [0.29, 0.717) is 36.6 Å². The van der Waals surface area contributed by atoms with Crippen LogP contribution < -0.4 is 10.1 Å². The highest BCUT2D eigenvalue weighted by Crippen LogP contribution is 2.21. The lowest BCUT2D eigenvalue weighted by Gasteiger charge is -2.32. The van der Waals surface area contributed by atoms with Crippen molar-refractivity contribution in [1.82, 2.24) is 10.2 Å². The number of piperidine rings is 1. The number of amides is 2. The Morgan fingerprint density at radius 1 is 1.10 bits per heavy atom. The SMILES string of the molecule is CC(C)NC(=O)c1ccc(OC[C@H]2CCCN(C(=O)c3ccc(F)cc3)C2)cc1. The van der Waals surface area contributed by atoms with Crippen molar-refractivity contribution in [3.05, 3.63) is 65.5 Å². The highest BCUT2D eigenvalue weighted by atomic mass is 19.1. The van der Waals surface area contributed by atoms with Crippen LogP contribution in [0.25, 0.3) is 0 Å². The first-order valence-corrected chi connectivity index (χ1v) is 10.0. The molecule has 0 aliphatic carbocycles. The van der Waals surface area contributed by atoms with Gasteiger partial charge in [0.2, 0.25) is 0 Å². The third kappa shape index (κ3) is 5.79. The Labute approximate surface area is 170 Å². The fraction of sp³-hybridized carbons (Fsp3) is 0.391. The summed E-state index contributed by atoms with van der Waals surface area (Å²) in [5, 5.41) is 2.86. The molecule has 1 N–H and O–H groups in total. The number of hydrogen-bond donors (Lipinski definition) is 1. The summed E-state index contributed by atoms with van der Waals surface area (Å²) in [6.07, 6.45) is 1.90. The molecule has 1 atom stereocenters. The number of nitrogens with one attached hydrogen (secondary N) is 1. The lowest BCUT2D eigenvalue weighted by Crippen LogP contribution is -2.41. The summed E-state index contributed by atoms with van der Waals surface area (Å²) >= 11 is 0. The predicted octanol–water partition coefficient (Wildman–Crippen LogP) is 3.90. The molecule has 29 heavy (non-hydrogen) atoms. The van der Waals surface area contributed by atoms with E-state index in [1.54, 1.807) is 24.3 Å². The van der Waals surface area contributed by atoms with Crippen molar-refractivity contribution in [2.75, 3.05) is 19.7 Å². The third-order valence-electron chi connectivity index (χ3n) is 4.92. The van der Waals surface area contributed by atoms with Crippen molar-refractivity contribution in [2.45, 2.75) is 32.7 Å². The quantitative estimate of drug-likeness (QED) is 0.803. The first-order chi connectivity index (χ1) is 13.9. The van der Waals surface area contributed by atoms with E-state index in [1.165, 1.54) is 24.3 Å². The van der Waals surface area contributed by atoms with Crippen LogP contribution in [-0.4, -0.2) is 42.5 Å². The smallest absolute Gasteiger partial charge is 0.253 e. The van der Waals surface area contributed by atoms with Crippen molar-refractivity contribution in [2.24, 2.45) is 5.92 Å². The van der Waals surface area contributed by atoms with Gasteiger partial charge in [-0.2, -0.15) is 0 Å². The molecule has 0 radical (unpaired) electrons. The predicted molar refractivity (Wildman–Crippen MR) is 110 cm³/mol. The summed E-state index contributed by atoms with van der Waals surface area (Å²) in [5.74, 6) is 0.410. The van der Waals surface area contributed by atoms with Gasteiger partial charge >= 0.3 is 0 Å². The molecule has 1 heterocycles. The molecule has 0 bridgehead atoms. The Bertz CT molecular complexity index is 834. The van der Waals surface area contributed by atoms with Crippen LogP contribution in [-0.2, 0) is 0 Å². The van der Waals surface area contributed by atoms with E-state index < -0.39 is 0 Å². The Morgan fingerprint density at radius 3 is 2.41 bits per heavy atom. The van der Waals surface area contributed by atoms with Gasteiger partial charge in [-0.25, -0.2) is 4.39 Å². The van der Waals surface area contributed by atoms with Gasteiger partial charge in [0.05, 0.1) is 6.61 Å². The molecule has 1 saturated heterocycles. The molecule has 2 aromatic carbocycles. The van der Waals surface area contributed by atoms with Gasteiger partial charge in [-0.1, -0.05) is 0 Å². The normalized spacial score (nSPS) is 16.6. The van der Waals surface area contributed by atoms with Gasteiger partial charge in [0.15, 0.2) is 0 Å². The number of carbonyl (C=O) groups excluding carboxylic acids is 2. The second-order valence-corrected chi connectivity index (χ2v) is 7.73. The van der Waals surface area contributed by atoms with Gasteiger partial charge < -0.3 is 15.0 Å². The molecule has 2 aromatic rings. The lowest BCUT2D eigenvalue weighted by atomic mass is 9.98. The number of rotatable bonds is 6. The fourth-order valence-electron chi connectivity index (χ4n) is 3.42. The number of hydrogen-bond acceptors (Lipinski definition) is 3. The molecule has 1 aliphatic heterocycles.